The smallest absolute Gasteiger partial charge is 0.340 e. The monoisotopic (exact) mass is 435 g/mol. The van der Waals surface area contributed by atoms with Crippen LogP contribution >= 0.6 is 0 Å². The van der Waals surface area contributed by atoms with E-state index in [4.69, 9.17) is 14.2 Å². The van der Waals surface area contributed by atoms with E-state index < -0.39 is 5.97 Å². The normalized spacial score (nSPS) is 15.0. The molecule has 0 bridgehead atoms. The lowest BCUT2D eigenvalue weighted by molar-refractivity contribution is -0.136. The molecule has 0 N–H and O–H groups in total. The summed E-state index contributed by atoms with van der Waals surface area (Å²) in [5, 5.41) is 0. The second kappa shape index (κ2) is 9.73. The number of methoxy groups -OCH3 is 2. The topological polar surface area (TPSA) is 65.1 Å². The minimum Gasteiger partial charge on any atom is -0.493 e. The van der Waals surface area contributed by atoms with Crippen molar-refractivity contribution in [3.63, 3.8) is 0 Å². The van der Waals surface area contributed by atoms with Crippen LogP contribution in [0.5, 0.6) is 11.5 Å². The Morgan fingerprint density at radius 3 is 2.31 bits per heavy atom. The van der Waals surface area contributed by atoms with E-state index in [0.717, 1.165) is 0 Å². The Kier molecular flexibility index (Phi) is 7.03. The number of allylic oxidation sites excluding steroid dienone is 1. The zero-order chi connectivity index (χ0) is 23.4. The van der Waals surface area contributed by atoms with E-state index in [-0.39, 0.29) is 17.1 Å². The number of esters is 1. The number of hydrogen-bond acceptors (Lipinski definition) is 5. The molecule has 0 fully saturated rings. The first kappa shape index (κ1) is 23.1. The molecule has 32 heavy (non-hydrogen) atoms. The number of rotatable bonds is 7. The van der Waals surface area contributed by atoms with Crippen molar-refractivity contribution in [3.05, 3.63) is 70.4 Å². The molecule has 6 heteroatoms. The molecule has 168 valence electrons. The van der Waals surface area contributed by atoms with Crippen molar-refractivity contribution in [1.29, 1.82) is 0 Å². The largest absolute Gasteiger partial charge is 0.493 e. The van der Waals surface area contributed by atoms with Gasteiger partial charge in [0, 0.05) is 11.4 Å². The van der Waals surface area contributed by atoms with Gasteiger partial charge in [-0.25, -0.2) is 4.79 Å². The Hall–Kier alpha value is -3.54. The van der Waals surface area contributed by atoms with Crippen LogP contribution < -0.4 is 14.4 Å². The van der Waals surface area contributed by atoms with Crippen molar-refractivity contribution < 1.29 is 23.8 Å². The summed E-state index contributed by atoms with van der Waals surface area (Å²) in [6.45, 7) is 8.38. The Bertz CT molecular complexity index is 1080. The number of benzene rings is 2. The maximum Gasteiger partial charge on any atom is 0.340 e. The molecule has 0 atom stereocenters. The van der Waals surface area contributed by atoms with Crippen LogP contribution in [-0.4, -0.2) is 32.7 Å². The summed E-state index contributed by atoms with van der Waals surface area (Å²) in [5.74, 6) is 0.704. The Morgan fingerprint density at radius 2 is 1.75 bits per heavy atom. The summed E-state index contributed by atoms with van der Waals surface area (Å²) < 4.78 is 16.0. The van der Waals surface area contributed by atoms with E-state index in [0.29, 0.717) is 41.0 Å². The van der Waals surface area contributed by atoms with E-state index in [9.17, 15) is 9.59 Å². The fraction of sp³-hybridized carbons (Fsp3) is 0.308. The molecule has 6 nitrogen and oxygen atoms in total. The molecule has 0 aromatic heterocycles. The van der Waals surface area contributed by atoms with E-state index in [1.54, 1.807) is 37.1 Å². The molecule has 1 amide bonds. The molecule has 0 spiro atoms. The lowest BCUT2D eigenvalue weighted by atomic mass is 10.0. The molecule has 2 aromatic rings. The van der Waals surface area contributed by atoms with Gasteiger partial charge in [0.2, 0.25) is 0 Å². The molecule has 3 rings (SSSR count). The molecule has 2 aromatic carbocycles. The van der Waals surface area contributed by atoms with Crippen molar-refractivity contribution in [2.24, 2.45) is 0 Å². The second-order valence-corrected chi connectivity index (χ2v) is 7.74. The maximum atomic E-state index is 13.4. The first-order valence-corrected chi connectivity index (χ1v) is 10.6. The van der Waals surface area contributed by atoms with Crippen molar-refractivity contribution in [2.75, 3.05) is 25.7 Å². The summed E-state index contributed by atoms with van der Waals surface area (Å²) in [7, 11) is 2.87. The van der Waals surface area contributed by atoms with Crippen LogP contribution in [0.25, 0.3) is 6.08 Å². The van der Waals surface area contributed by atoms with E-state index in [2.05, 4.69) is 13.8 Å². The number of nitrogens with zero attached hydrogens (tertiary/aromatic N) is 1. The van der Waals surface area contributed by atoms with E-state index in [1.807, 2.05) is 37.3 Å². The summed E-state index contributed by atoms with van der Waals surface area (Å²) in [5.41, 5.74) is 3.63. The fourth-order valence-electron chi connectivity index (χ4n) is 3.71. The van der Waals surface area contributed by atoms with Gasteiger partial charge in [-0.3, -0.25) is 9.69 Å². The number of carbonyl (C=O) groups excluding carboxylic acids is 2. The second-order valence-electron chi connectivity index (χ2n) is 7.74. The van der Waals surface area contributed by atoms with Gasteiger partial charge in [-0.15, -0.1) is 0 Å². The molecule has 1 aliphatic heterocycles. The van der Waals surface area contributed by atoms with Crippen LogP contribution in [0.4, 0.5) is 5.69 Å². The number of anilines is 1. The summed E-state index contributed by atoms with van der Waals surface area (Å²) in [4.78, 5) is 27.6. The van der Waals surface area contributed by atoms with Gasteiger partial charge in [-0.05, 0) is 61.2 Å². The summed E-state index contributed by atoms with van der Waals surface area (Å²) in [6, 6.07) is 13.2. The quantitative estimate of drug-likeness (QED) is 0.447. The molecule has 0 aliphatic carbocycles. The molecule has 0 saturated heterocycles. The predicted octanol–water partition coefficient (Wildman–Crippen LogP) is 5.09. The van der Waals surface area contributed by atoms with Crippen molar-refractivity contribution in [2.45, 2.75) is 33.6 Å². The van der Waals surface area contributed by atoms with Crippen LogP contribution in [0, 0.1) is 0 Å². The number of hydrogen-bond donors (Lipinski definition) is 0. The van der Waals surface area contributed by atoms with E-state index in [1.165, 1.54) is 12.7 Å². The van der Waals surface area contributed by atoms with Gasteiger partial charge in [0.15, 0.2) is 11.5 Å². The van der Waals surface area contributed by atoms with Gasteiger partial charge in [-0.1, -0.05) is 32.0 Å². The van der Waals surface area contributed by atoms with Gasteiger partial charge in [0.25, 0.3) is 5.91 Å². The Balaban J connectivity index is 2.07. The molecular weight excluding hydrogens is 406 g/mol. The maximum absolute atomic E-state index is 13.4. The highest BCUT2D eigenvalue weighted by Crippen LogP contribution is 2.37. The minimum atomic E-state index is -0.554. The minimum absolute atomic E-state index is 0.248. The Morgan fingerprint density at radius 1 is 1.06 bits per heavy atom. The zero-order valence-electron chi connectivity index (χ0n) is 19.4. The van der Waals surface area contributed by atoms with Crippen LogP contribution in [-0.2, 0) is 14.3 Å². The van der Waals surface area contributed by atoms with Gasteiger partial charge in [-0.2, -0.15) is 0 Å². The molecule has 1 aliphatic rings. The highest BCUT2D eigenvalue weighted by Gasteiger charge is 2.37. The first-order chi connectivity index (χ1) is 15.3. The Labute approximate surface area is 189 Å². The van der Waals surface area contributed by atoms with Gasteiger partial charge < -0.3 is 14.2 Å². The first-order valence-electron chi connectivity index (χ1n) is 10.6. The van der Waals surface area contributed by atoms with Gasteiger partial charge in [0.05, 0.1) is 32.0 Å². The van der Waals surface area contributed by atoms with Crippen molar-refractivity contribution in [1.82, 2.24) is 0 Å². The van der Waals surface area contributed by atoms with Crippen LogP contribution in [0.1, 0.15) is 44.7 Å². The fourth-order valence-corrected chi connectivity index (χ4v) is 3.71. The zero-order valence-corrected chi connectivity index (χ0v) is 19.4. The average Bonchev–Trinajstić information content (AvgIpc) is 3.03. The lowest BCUT2D eigenvalue weighted by Crippen LogP contribution is -2.24. The summed E-state index contributed by atoms with van der Waals surface area (Å²) >= 11 is 0. The molecule has 0 unspecified atom stereocenters. The van der Waals surface area contributed by atoms with Crippen LogP contribution in [0.3, 0.4) is 0 Å². The third-order valence-electron chi connectivity index (χ3n) is 5.41. The number of amides is 1. The van der Waals surface area contributed by atoms with Crippen molar-refractivity contribution >= 4 is 23.6 Å². The molecule has 0 saturated carbocycles. The van der Waals surface area contributed by atoms with Crippen LogP contribution in [0.2, 0.25) is 0 Å². The SMILES string of the molecule is CCOc1ccc(/C=C2\C(=O)N(c3ccc(C(C)C)cc3)C(C)=C2C(=O)OC)cc1OC. The number of ether oxygens (including phenoxy) is 3. The summed E-state index contributed by atoms with van der Waals surface area (Å²) in [6.07, 6.45) is 1.68. The molecule has 1 heterocycles. The average molecular weight is 436 g/mol. The molecule has 0 radical (unpaired) electrons. The third kappa shape index (κ3) is 4.40. The van der Waals surface area contributed by atoms with Crippen molar-refractivity contribution in [3.8, 4) is 11.5 Å². The van der Waals surface area contributed by atoms with Gasteiger partial charge >= 0.3 is 5.97 Å². The highest BCUT2D eigenvalue weighted by atomic mass is 16.5. The number of carbonyl (C=O) groups is 2. The third-order valence-corrected chi connectivity index (χ3v) is 5.41. The highest BCUT2D eigenvalue weighted by molar-refractivity contribution is 6.23. The standard InChI is InChI=1S/C26H29NO5/c1-7-32-22-13-8-18(15-23(22)30-5)14-21-24(26(29)31-6)17(4)27(25(21)28)20-11-9-19(10-12-20)16(2)3/h8-16H,7H2,1-6H3/b21-14-. The predicted molar refractivity (Wildman–Crippen MR) is 125 cm³/mol. The molecular formula is C26H29NO5. The van der Waals surface area contributed by atoms with Crippen LogP contribution in [0.15, 0.2) is 59.3 Å². The van der Waals surface area contributed by atoms with E-state index >= 15 is 0 Å². The van der Waals surface area contributed by atoms with Gasteiger partial charge in [0.1, 0.15) is 0 Å². The lowest BCUT2D eigenvalue weighted by Gasteiger charge is -2.19.